The van der Waals surface area contributed by atoms with Crippen LogP contribution in [-0.2, 0) is 0 Å². The SMILES string of the molecule is O=C(c1ccc(F)cc1)N1CCCN(c2ccc([N+](=O)[O-])cc2Cl)CC1. The zero-order chi connectivity index (χ0) is 18.7. The summed E-state index contributed by atoms with van der Waals surface area (Å²) in [6.07, 6.45) is 0.736. The molecule has 0 atom stereocenters. The smallest absolute Gasteiger partial charge is 0.271 e. The fraction of sp³-hybridized carbons (Fsp3) is 0.278. The van der Waals surface area contributed by atoms with E-state index in [4.69, 9.17) is 11.6 Å². The van der Waals surface area contributed by atoms with Crippen molar-refractivity contribution in [1.82, 2.24) is 4.90 Å². The number of anilines is 1. The van der Waals surface area contributed by atoms with Gasteiger partial charge in [0.1, 0.15) is 5.82 Å². The van der Waals surface area contributed by atoms with Gasteiger partial charge in [0, 0.05) is 43.9 Å². The fourth-order valence-electron chi connectivity index (χ4n) is 3.00. The van der Waals surface area contributed by atoms with Crippen LogP contribution in [0, 0.1) is 15.9 Å². The number of rotatable bonds is 3. The van der Waals surface area contributed by atoms with E-state index in [1.807, 2.05) is 4.90 Å². The third kappa shape index (κ3) is 3.94. The molecule has 1 aliphatic heterocycles. The van der Waals surface area contributed by atoms with Crippen molar-refractivity contribution in [3.05, 3.63) is 69.0 Å². The Bertz CT molecular complexity index is 829. The summed E-state index contributed by atoms with van der Waals surface area (Å²) >= 11 is 6.21. The maximum atomic E-state index is 13.0. The second-order valence-electron chi connectivity index (χ2n) is 6.03. The molecule has 0 aromatic heterocycles. The lowest BCUT2D eigenvalue weighted by Crippen LogP contribution is -2.35. The summed E-state index contributed by atoms with van der Waals surface area (Å²) in [5, 5.41) is 11.2. The Morgan fingerprint density at radius 1 is 1.08 bits per heavy atom. The second-order valence-corrected chi connectivity index (χ2v) is 6.44. The lowest BCUT2D eigenvalue weighted by atomic mass is 10.2. The highest BCUT2D eigenvalue weighted by Gasteiger charge is 2.22. The van der Waals surface area contributed by atoms with E-state index in [1.165, 1.54) is 36.4 Å². The highest BCUT2D eigenvalue weighted by Crippen LogP contribution is 2.30. The van der Waals surface area contributed by atoms with Crippen molar-refractivity contribution in [3.8, 4) is 0 Å². The number of nitrogens with zero attached hydrogens (tertiary/aromatic N) is 3. The molecule has 0 N–H and O–H groups in total. The van der Waals surface area contributed by atoms with E-state index in [1.54, 1.807) is 11.0 Å². The average Bonchev–Trinajstić information content (AvgIpc) is 2.87. The van der Waals surface area contributed by atoms with Crippen LogP contribution in [-0.4, -0.2) is 41.9 Å². The minimum atomic E-state index is -0.485. The van der Waals surface area contributed by atoms with Crippen LogP contribution in [0.15, 0.2) is 42.5 Å². The third-order valence-corrected chi connectivity index (χ3v) is 4.66. The van der Waals surface area contributed by atoms with E-state index in [0.29, 0.717) is 42.5 Å². The topological polar surface area (TPSA) is 66.7 Å². The van der Waals surface area contributed by atoms with Gasteiger partial charge in [0.25, 0.3) is 11.6 Å². The Hall–Kier alpha value is -2.67. The minimum absolute atomic E-state index is 0.0540. The number of benzene rings is 2. The van der Waals surface area contributed by atoms with Crippen molar-refractivity contribution >= 4 is 28.9 Å². The van der Waals surface area contributed by atoms with Gasteiger partial charge in [0.2, 0.25) is 0 Å². The predicted octanol–water partition coefficient (Wildman–Crippen LogP) is 3.74. The summed E-state index contributed by atoms with van der Waals surface area (Å²) in [5.74, 6) is -0.516. The van der Waals surface area contributed by atoms with Gasteiger partial charge in [-0.25, -0.2) is 4.39 Å². The van der Waals surface area contributed by atoms with E-state index >= 15 is 0 Å². The van der Waals surface area contributed by atoms with Gasteiger partial charge in [-0.05, 0) is 36.8 Å². The molecule has 0 radical (unpaired) electrons. The average molecular weight is 378 g/mol. The first-order valence-corrected chi connectivity index (χ1v) is 8.57. The molecule has 8 heteroatoms. The van der Waals surface area contributed by atoms with Crippen LogP contribution in [0.4, 0.5) is 15.8 Å². The zero-order valence-corrected chi connectivity index (χ0v) is 14.7. The van der Waals surface area contributed by atoms with Crippen LogP contribution >= 0.6 is 11.6 Å². The number of hydrogen-bond donors (Lipinski definition) is 0. The largest absolute Gasteiger partial charge is 0.368 e. The Kier molecular flexibility index (Phi) is 5.37. The normalized spacial score (nSPS) is 14.8. The van der Waals surface area contributed by atoms with E-state index in [9.17, 15) is 19.3 Å². The summed E-state index contributed by atoms with van der Waals surface area (Å²) in [6, 6.07) is 9.90. The summed E-state index contributed by atoms with van der Waals surface area (Å²) < 4.78 is 13.0. The molecule has 3 rings (SSSR count). The maximum absolute atomic E-state index is 13.0. The van der Waals surface area contributed by atoms with E-state index in [-0.39, 0.29) is 17.4 Å². The molecular weight excluding hydrogens is 361 g/mol. The molecule has 0 aliphatic carbocycles. The van der Waals surface area contributed by atoms with Crippen LogP contribution < -0.4 is 4.90 Å². The predicted molar refractivity (Wildman–Crippen MR) is 97.2 cm³/mol. The van der Waals surface area contributed by atoms with Crippen LogP contribution in [0.1, 0.15) is 16.8 Å². The molecule has 2 aromatic rings. The monoisotopic (exact) mass is 377 g/mol. The lowest BCUT2D eigenvalue weighted by molar-refractivity contribution is -0.384. The number of carbonyl (C=O) groups is 1. The number of amides is 1. The standard InChI is InChI=1S/C18H17ClFN3O3/c19-16-12-15(23(25)26)6-7-17(16)21-8-1-9-22(11-10-21)18(24)13-2-4-14(20)5-3-13/h2-7,12H,1,8-11H2. The fourth-order valence-corrected chi connectivity index (χ4v) is 3.30. The first kappa shape index (κ1) is 18.1. The molecule has 0 bridgehead atoms. The van der Waals surface area contributed by atoms with Gasteiger partial charge < -0.3 is 9.80 Å². The Labute approximate surface area is 154 Å². The van der Waals surface area contributed by atoms with Crippen molar-refractivity contribution in [1.29, 1.82) is 0 Å². The van der Waals surface area contributed by atoms with Gasteiger partial charge in [0.05, 0.1) is 15.6 Å². The first-order valence-electron chi connectivity index (χ1n) is 8.19. The van der Waals surface area contributed by atoms with Gasteiger partial charge >= 0.3 is 0 Å². The zero-order valence-electron chi connectivity index (χ0n) is 13.9. The molecule has 1 amide bonds. The Balaban J connectivity index is 1.71. The van der Waals surface area contributed by atoms with Gasteiger partial charge in [-0.3, -0.25) is 14.9 Å². The van der Waals surface area contributed by atoms with Gasteiger partial charge in [-0.1, -0.05) is 11.6 Å². The highest BCUT2D eigenvalue weighted by atomic mass is 35.5. The molecule has 0 saturated carbocycles. The van der Waals surface area contributed by atoms with Crippen molar-refractivity contribution in [2.45, 2.75) is 6.42 Å². The van der Waals surface area contributed by atoms with Crippen LogP contribution in [0.5, 0.6) is 0 Å². The number of halogens is 2. The molecule has 1 heterocycles. The number of hydrogen-bond acceptors (Lipinski definition) is 4. The number of nitro groups is 1. The maximum Gasteiger partial charge on any atom is 0.271 e. The summed E-state index contributed by atoms with van der Waals surface area (Å²) in [5.41, 5.74) is 1.11. The molecule has 0 spiro atoms. The van der Waals surface area contributed by atoms with Gasteiger partial charge in [-0.2, -0.15) is 0 Å². The van der Waals surface area contributed by atoms with Gasteiger partial charge in [-0.15, -0.1) is 0 Å². The second kappa shape index (κ2) is 7.70. The van der Waals surface area contributed by atoms with Crippen molar-refractivity contribution < 1.29 is 14.1 Å². The molecular formula is C18H17ClFN3O3. The molecule has 1 saturated heterocycles. The van der Waals surface area contributed by atoms with E-state index in [0.717, 1.165) is 6.42 Å². The molecule has 136 valence electrons. The van der Waals surface area contributed by atoms with E-state index in [2.05, 4.69) is 0 Å². The van der Waals surface area contributed by atoms with Crippen molar-refractivity contribution in [2.75, 3.05) is 31.1 Å². The third-order valence-electron chi connectivity index (χ3n) is 4.36. The summed E-state index contributed by atoms with van der Waals surface area (Å²) in [7, 11) is 0. The van der Waals surface area contributed by atoms with Crippen LogP contribution in [0.25, 0.3) is 0 Å². The lowest BCUT2D eigenvalue weighted by Gasteiger charge is -2.24. The summed E-state index contributed by atoms with van der Waals surface area (Å²) in [6.45, 7) is 2.32. The molecule has 26 heavy (non-hydrogen) atoms. The molecule has 6 nitrogen and oxygen atoms in total. The quantitative estimate of drug-likeness (QED) is 0.603. The van der Waals surface area contributed by atoms with Crippen LogP contribution in [0.2, 0.25) is 5.02 Å². The molecule has 2 aromatic carbocycles. The van der Waals surface area contributed by atoms with Crippen LogP contribution in [0.3, 0.4) is 0 Å². The number of carbonyl (C=O) groups excluding carboxylic acids is 1. The number of non-ortho nitro benzene ring substituents is 1. The molecule has 1 aliphatic rings. The Morgan fingerprint density at radius 2 is 1.81 bits per heavy atom. The Morgan fingerprint density at radius 3 is 2.46 bits per heavy atom. The summed E-state index contributed by atoms with van der Waals surface area (Å²) in [4.78, 5) is 26.7. The highest BCUT2D eigenvalue weighted by molar-refractivity contribution is 6.33. The van der Waals surface area contributed by atoms with Crippen molar-refractivity contribution in [3.63, 3.8) is 0 Å². The number of nitro benzene ring substituents is 1. The van der Waals surface area contributed by atoms with Gasteiger partial charge in [0.15, 0.2) is 0 Å². The van der Waals surface area contributed by atoms with E-state index < -0.39 is 4.92 Å². The molecule has 1 fully saturated rings. The minimum Gasteiger partial charge on any atom is -0.368 e. The first-order chi connectivity index (χ1) is 12.5. The van der Waals surface area contributed by atoms with Crippen molar-refractivity contribution in [2.24, 2.45) is 0 Å². The molecule has 0 unspecified atom stereocenters.